The predicted octanol–water partition coefficient (Wildman–Crippen LogP) is 6.71. The highest BCUT2D eigenvalue weighted by molar-refractivity contribution is 6.00. The van der Waals surface area contributed by atoms with Crippen LogP contribution in [0.25, 0.3) is 22.2 Å². The summed E-state index contributed by atoms with van der Waals surface area (Å²) in [4.78, 5) is 21.4. The number of rotatable bonds is 9. The first kappa shape index (κ1) is 31.5. The molecule has 1 fully saturated rings. The van der Waals surface area contributed by atoms with Crippen LogP contribution in [0, 0.1) is 5.82 Å². The van der Waals surface area contributed by atoms with Gasteiger partial charge in [-0.2, -0.15) is 13.2 Å². The lowest BCUT2D eigenvalue weighted by Crippen LogP contribution is -2.51. The van der Waals surface area contributed by atoms with Gasteiger partial charge in [-0.05, 0) is 68.3 Å². The van der Waals surface area contributed by atoms with Crippen molar-refractivity contribution >= 4 is 16.8 Å². The number of alkyl halides is 6. The smallest absolute Gasteiger partial charge is 0.424 e. The molecule has 14 heteroatoms. The number of nitrogens with one attached hydrogen (secondary N) is 1. The number of nitrogens with zero attached hydrogens (tertiary/aromatic N) is 2. The van der Waals surface area contributed by atoms with Crippen LogP contribution in [0.4, 0.5) is 30.7 Å². The van der Waals surface area contributed by atoms with Crippen LogP contribution >= 0.6 is 0 Å². The summed E-state index contributed by atoms with van der Waals surface area (Å²) in [6, 6.07) is 9.02. The number of pyridine rings is 2. The molecular weight excluding hydrogens is 623 g/mol. The Kier molecular flexibility index (Phi) is 7.82. The third-order valence-corrected chi connectivity index (χ3v) is 8.07. The lowest BCUT2D eigenvalue weighted by molar-refractivity contribution is -0.265. The summed E-state index contributed by atoms with van der Waals surface area (Å²) in [6.07, 6.45) is -6.06. The fourth-order valence-corrected chi connectivity index (χ4v) is 5.15. The minimum Gasteiger partial charge on any atom is -0.490 e. The molecule has 1 saturated carbocycles. The van der Waals surface area contributed by atoms with E-state index in [0.29, 0.717) is 12.8 Å². The van der Waals surface area contributed by atoms with Gasteiger partial charge in [-0.15, -0.1) is 0 Å². The second-order valence-electron chi connectivity index (χ2n) is 11.7. The summed E-state index contributed by atoms with van der Waals surface area (Å²) in [5.41, 5.74) is -6.63. The molecular formula is C32H26F7N3O4. The van der Waals surface area contributed by atoms with Gasteiger partial charge in [0.25, 0.3) is 12.3 Å². The van der Waals surface area contributed by atoms with Gasteiger partial charge in [0.2, 0.25) is 5.60 Å². The lowest BCUT2D eigenvalue weighted by atomic mass is 9.83. The number of hydrogen-bond acceptors (Lipinski definition) is 6. The SMILES string of the molecule is C[C@]1(CF)COc2c1cc([C@@](O)(CNC(=O)c1cc(OC3CC3)c3ncc(C(F)F)cc3c1)C(F)(F)F)nc2-c1ccc(F)cc1. The Morgan fingerprint density at radius 2 is 1.87 bits per heavy atom. The Labute approximate surface area is 257 Å². The Hall–Kier alpha value is -4.46. The van der Waals surface area contributed by atoms with Gasteiger partial charge in [0.05, 0.1) is 23.8 Å². The first-order valence-electron chi connectivity index (χ1n) is 14.2. The molecule has 0 spiro atoms. The van der Waals surface area contributed by atoms with Crippen LogP contribution in [0.5, 0.6) is 11.5 Å². The normalized spacial score (nSPS) is 19.1. The van der Waals surface area contributed by atoms with Crippen LogP contribution in [0.15, 0.2) is 54.7 Å². The molecule has 4 aromatic rings. The fourth-order valence-electron chi connectivity index (χ4n) is 5.15. The van der Waals surface area contributed by atoms with E-state index in [9.17, 15) is 40.6 Å². The number of ether oxygens (including phenoxy) is 2. The van der Waals surface area contributed by atoms with E-state index in [0.717, 1.165) is 30.5 Å². The quantitative estimate of drug-likeness (QED) is 0.196. The molecule has 0 saturated heterocycles. The highest BCUT2D eigenvalue weighted by Crippen LogP contribution is 2.48. The number of fused-ring (bicyclic) bond motifs is 2. The molecule has 242 valence electrons. The molecule has 2 aliphatic rings. The second-order valence-corrected chi connectivity index (χ2v) is 11.7. The molecule has 1 aliphatic carbocycles. The van der Waals surface area contributed by atoms with Crippen LogP contribution in [-0.4, -0.2) is 53.1 Å². The molecule has 1 amide bonds. The van der Waals surface area contributed by atoms with E-state index in [4.69, 9.17) is 9.47 Å². The lowest BCUT2D eigenvalue weighted by Gasteiger charge is -2.31. The number of carbonyl (C=O) groups is 1. The highest BCUT2D eigenvalue weighted by Gasteiger charge is 2.57. The van der Waals surface area contributed by atoms with Crippen molar-refractivity contribution in [2.75, 3.05) is 19.8 Å². The Bertz CT molecular complexity index is 1810. The molecule has 46 heavy (non-hydrogen) atoms. The minimum atomic E-state index is -5.41. The zero-order chi connectivity index (χ0) is 33.0. The van der Waals surface area contributed by atoms with Crippen molar-refractivity contribution in [3.63, 3.8) is 0 Å². The Balaban J connectivity index is 1.39. The Morgan fingerprint density at radius 1 is 1.15 bits per heavy atom. The predicted molar refractivity (Wildman–Crippen MR) is 151 cm³/mol. The standard InChI is InChI=1S/C32H26F7N3O4/c1-30(13-33)15-45-27-22(30)11-24(42-26(27)16-2-4-20(34)5-3-16)31(44,32(37,38)39)14-41-29(43)18-8-17-9-19(28(35)36)12-40-25(17)23(10-18)46-21-6-7-21/h2-5,8-12,21,28,44H,6-7,13-15H2,1H3,(H,41,43)/t30-,31-/m0/s1. The number of amides is 1. The van der Waals surface area contributed by atoms with E-state index < -0.39 is 59.8 Å². The molecule has 1 aliphatic heterocycles. The summed E-state index contributed by atoms with van der Waals surface area (Å²) >= 11 is 0. The number of aromatic nitrogens is 2. The van der Waals surface area contributed by atoms with Crippen LogP contribution < -0.4 is 14.8 Å². The van der Waals surface area contributed by atoms with E-state index in [1.54, 1.807) is 0 Å². The molecule has 0 unspecified atom stereocenters. The third kappa shape index (κ3) is 5.70. The monoisotopic (exact) mass is 649 g/mol. The van der Waals surface area contributed by atoms with Crippen molar-refractivity contribution in [2.24, 2.45) is 0 Å². The van der Waals surface area contributed by atoms with Gasteiger partial charge in [0.1, 0.15) is 41.8 Å². The van der Waals surface area contributed by atoms with Crippen LogP contribution in [0.2, 0.25) is 0 Å². The van der Waals surface area contributed by atoms with Crippen LogP contribution in [0.3, 0.4) is 0 Å². The summed E-state index contributed by atoms with van der Waals surface area (Å²) in [6.45, 7) is -1.23. The molecule has 6 rings (SSSR count). The average Bonchev–Trinajstić information content (AvgIpc) is 3.78. The molecule has 0 bridgehead atoms. The van der Waals surface area contributed by atoms with E-state index in [-0.39, 0.29) is 57.5 Å². The maximum Gasteiger partial charge on any atom is 0.424 e. The van der Waals surface area contributed by atoms with Crippen molar-refractivity contribution in [3.8, 4) is 22.8 Å². The molecule has 2 aromatic carbocycles. The van der Waals surface area contributed by atoms with Gasteiger partial charge < -0.3 is 19.9 Å². The number of hydrogen-bond donors (Lipinski definition) is 2. The number of benzene rings is 2. The zero-order valence-corrected chi connectivity index (χ0v) is 24.1. The molecule has 0 radical (unpaired) electrons. The largest absolute Gasteiger partial charge is 0.490 e. The molecule has 2 N–H and O–H groups in total. The summed E-state index contributed by atoms with van der Waals surface area (Å²) in [5, 5.41) is 13.4. The molecule has 7 nitrogen and oxygen atoms in total. The van der Waals surface area contributed by atoms with Gasteiger partial charge in [0, 0.05) is 33.8 Å². The van der Waals surface area contributed by atoms with E-state index >= 15 is 0 Å². The van der Waals surface area contributed by atoms with Crippen LogP contribution in [0.1, 0.15) is 53.4 Å². The second kappa shape index (κ2) is 11.4. The summed E-state index contributed by atoms with van der Waals surface area (Å²) in [7, 11) is 0. The van der Waals surface area contributed by atoms with E-state index in [2.05, 4.69) is 15.3 Å². The van der Waals surface area contributed by atoms with Gasteiger partial charge in [-0.25, -0.2) is 22.5 Å². The summed E-state index contributed by atoms with van der Waals surface area (Å²) < 4.78 is 110. The van der Waals surface area contributed by atoms with Gasteiger partial charge in [0.15, 0.2) is 0 Å². The number of halogens is 7. The highest BCUT2D eigenvalue weighted by atomic mass is 19.4. The third-order valence-electron chi connectivity index (χ3n) is 8.07. The summed E-state index contributed by atoms with van der Waals surface area (Å²) in [5.74, 6) is -1.63. The zero-order valence-electron chi connectivity index (χ0n) is 24.1. The molecule has 2 aromatic heterocycles. The van der Waals surface area contributed by atoms with Crippen molar-refractivity contribution in [1.29, 1.82) is 0 Å². The van der Waals surface area contributed by atoms with Crippen molar-refractivity contribution in [3.05, 3.63) is 82.9 Å². The van der Waals surface area contributed by atoms with Gasteiger partial charge in [-0.3, -0.25) is 9.78 Å². The number of carbonyl (C=O) groups excluding carboxylic acids is 1. The van der Waals surface area contributed by atoms with Gasteiger partial charge >= 0.3 is 6.18 Å². The fraction of sp³-hybridized carbons (Fsp3) is 0.344. The average molecular weight is 650 g/mol. The van der Waals surface area contributed by atoms with Crippen LogP contribution in [-0.2, 0) is 11.0 Å². The molecule has 3 heterocycles. The van der Waals surface area contributed by atoms with Crippen molar-refractivity contribution in [2.45, 2.75) is 49.5 Å². The maximum atomic E-state index is 14.7. The van der Waals surface area contributed by atoms with Gasteiger partial charge in [-0.1, -0.05) is 0 Å². The first-order valence-corrected chi connectivity index (χ1v) is 14.2. The topological polar surface area (TPSA) is 93.6 Å². The van der Waals surface area contributed by atoms with E-state index in [1.807, 2.05) is 0 Å². The van der Waals surface area contributed by atoms with Crippen molar-refractivity contribution < 1.29 is 50.1 Å². The maximum absolute atomic E-state index is 14.7. The van der Waals surface area contributed by atoms with Crippen molar-refractivity contribution in [1.82, 2.24) is 15.3 Å². The minimum absolute atomic E-state index is 0.00653. The number of aliphatic hydroxyl groups is 1. The van der Waals surface area contributed by atoms with E-state index in [1.165, 1.54) is 31.2 Å². The Morgan fingerprint density at radius 3 is 2.50 bits per heavy atom. The first-order chi connectivity index (χ1) is 21.7. The molecule has 2 atom stereocenters.